The van der Waals surface area contributed by atoms with Gasteiger partial charge in [-0.3, -0.25) is 0 Å². The molecule has 0 bridgehead atoms. The van der Waals surface area contributed by atoms with E-state index in [0.29, 0.717) is 0 Å². The van der Waals surface area contributed by atoms with Gasteiger partial charge in [-0.15, -0.1) is 11.3 Å². The van der Waals surface area contributed by atoms with Crippen LogP contribution >= 0.6 is 27.3 Å². The van der Waals surface area contributed by atoms with Crippen LogP contribution in [0.1, 0.15) is 11.8 Å². The van der Waals surface area contributed by atoms with Gasteiger partial charge in [0.15, 0.2) is 0 Å². The minimum absolute atomic E-state index is 0.239. The molecule has 1 atom stereocenters. The van der Waals surface area contributed by atoms with Gasteiger partial charge in [-0.2, -0.15) is 0 Å². The number of hydrogen-bond donors (Lipinski definition) is 0. The summed E-state index contributed by atoms with van der Waals surface area (Å²) >= 11 is 5.26. The molecule has 1 aliphatic rings. The van der Waals surface area contributed by atoms with Crippen LogP contribution in [0.2, 0.25) is 0 Å². The summed E-state index contributed by atoms with van der Waals surface area (Å²) in [4.78, 5) is 13.6. The molecule has 3 rings (SSSR count). The maximum atomic E-state index is 5.69. The first-order valence-corrected chi connectivity index (χ1v) is 8.41. The largest absolute Gasteiger partial charge is 0.374 e. The van der Waals surface area contributed by atoms with Crippen LogP contribution in [-0.4, -0.2) is 41.1 Å². The number of hydrogen-bond acceptors (Lipinski definition) is 5. The molecule has 1 aliphatic heterocycles. The molecule has 19 heavy (non-hydrogen) atoms. The summed E-state index contributed by atoms with van der Waals surface area (Å²) in [5.41, 5.74) is 0. The Hall–Kier alpha value is -0.720. The number of thiophene rings is 1. The second kappa shape index (κ2) is 5.73. The zero-order valence-electron chi connectivity index (χ0n) is 10.8. The SMILES string of the molecule is CCc1cc2c(N3CCOC(CBr)C3)ncnc2s1. The van der Waals surface area contributed by atoms with Crippen molar-refractivity contribution in [3.63, 3.8) is 0 Å². The highest BCUT2D eigenvalue weighted by atomic mass is 79.9. The average molecular weight is 342 g/mol. The van der Waals surface area contributed by atoms with Crippen LogP contribution in [0.15, 0.2) is 12.4 Å². The van der Waals surface area contributed by atoms with Gasteiger partial charge in [0, 0.05) is 23.3 Å². The lowest BCUT2D eigenvalue weighted by atomic mass is 10.2. The van der Waals surface area contributed by atoms with Crippen molar-refractivity contribution in [2.24, 2.45) is 0 Å². The molecule has 1 saturated heterocycles. The second-order valence-electron chi connectivity index (χ2n) is 4.58. The predicted molar refractivity (Wildman–Crippen MR) is 82.5 cm³/mol. The van der Waals surface area contributed by atoms with E-state index in [4.69, 9.17) is 4.74 Å². The first kappa shape index (κ1) is 13.3. The van der Waals surface area contributed by atoms with Gasteiger partial charge < -0.3 is 9.64 Å². The van der Waals surface area contributed by atoms with E-state index in [0.717, 1.165) is 42.1 Å². The fraction of sp³-hybridized carbons (Fsp3) is 0.538. The highest BCUT2D eigenvalue weighted by molar-refractivity contribution is 9.09. The number of anilines is 1. The Morgan fingerprint density at radius 2 is 2.42 bits per heavy atom. The van der Waals surface area contributed by atoms with Crippen LogP contribution < -0.4 is 4.90 Å². The number of alkyl halides is 1. The molecular formula is C13H16BrN3OS. The van der Waals surface area contributed by atoms with Crippen molar-refractivity contribution in [1.82, 2.24) is 9.97 Å². The Balaban J connectivity index is 1.97. The van der Waals surface area contributed by atoms with Crippen LogP contribution in [0, 0.1) is 0 Å². The number of fused-ring (bicyclic) bond motifs is 1. The molecular weight excluding hydrogens is 326 g/mol. The van der Waals surface area contributed by atoms with E-state index in [1.807, 2.05) is 0 Å². The molecule has 0 spiro atoms. The third-order valence-corrected chi connectivity index (χ3v) is 5.23. The van der Waals surface area contributed by atoms with Crippen molar-refractivity contribution >= 4 is 43.3 Å². The molecule has 0 aliphatic carbocycles. The second-order valence-corrected chi connectivity index (χ2v) is 6.34. The average Bonchev–Trinajstić information content (AvgIpc) is 2.90. The molecule has 0 N–H and O–H groups in total. The summed E-state index contributed by atoms with van der Waals surface area (Å²) in [6.45, 7) is 4.71. The van der Waals surface area contributed by atoms with Crippen molar-refractivity contribution in [2.45, 2.75) is 19.4 Å². The lowest BCUT2D eigenvalue weighted by molar-refractivity contribution is 0.0569. The number of aromatic nitrogens is 2. The highest BCUT2D eigenvalue weighted by Gasteiger charge is 2.22. The van der Waals surface area contributed by atoms with E-state index in [-0.39, 0.29) is 6.10 Å². The van der Waals surface area contributed by atoms with E-state index in [1.165, 1.54) is 10.3 Å². The molecule has 0 amide bonds. The minimum atomic E-state index is 0.239. The van der Waals surface area contributed by atoms with Gasteiger partial charge in [0.1, 0.15) is 17.0 Å². The number of ether oxygens (including phenoxy) is 1. The topological polar surface area (TPSA) is 38.2 Å². The summed E-state index contributed by atoms with van der Waals surface area (Å²) in [6, 6.07) is 2.23. The molecule has 102 valence electrons. The van der Waals surface area contributed by atoms with Crippen LogP contribution in [-0.2, 0) is 11.2 Å². The smallest absolute Gasteiger partial charge is 0.140 e. The molecule has 2 aromatic rings. The van der Waals surface area contributed by atoms with Crippen LogP contribution in [0.5, 0.6) is 0 Å². The molecule has 4 nitrogen and oxygen atoms in total. The van der Waals surface area contributed by atoms with Crippen molar-refractivity contribution in [2.75, 3.05) is 29.9 Å². The van der Waals surface area contributed by atoms with Crippen molar-refractivity contribution < 1.29 is 4.74 Å². The zero-order valence-corrected chi connectivity index (χ0v) is 13.2. The van der Waals surface area contributed by atoms with Gasteiger partial charge in [-0.25, -0.2) is 9.97 Å². The molecule has 2 aromatic heterocycles. The van der Waals surface area contributed by atoms with Gasteiger partial charge in [0.25, 0.3) is 0 Å². The first-order chi connectivity index (χ1) is 9.31. The number of aryl methyl sites for hydroxylation is 1. The molecule has 0 radical (unpaired) electrons. The monoisotopic (exact) mass is 341 g/mol. The lowest BCUT2D eigenvalue weighted by Gasteiger charge is -2.33. The van der Waals surface area contributed by atoms with E-state index in [1.54, 1.807) is 17.7 Å². The molecule has 1 unspecified atom stereocenters. The Morgan fingerprint density at radius 1 is 1.53 bits per heavy atom. The van der Waals surface area contributed by atoms with Gasteiger partial charge in [-0.05, 0) is 12.5 Å². The highest BCUT2D eigenvalue weighted by Crippen LogP contribution is 2.31. The van der Waals surface area contributed by atoms with E-state index in [2.05, 4.69) is 43.8 Å². The van der Waals surface area contributed by atoms with E-state index in [9.17, 15) is 0 Å². The third-order valence-electron chi connectivity index (χ3n) is 3.32. The van der Waals surface area contributed by atoms with E-state index >= 15 is 0 Å². The summed E-state index contributed by atoms with van der Waals surface area (Å²) < 4.78 is 5.69. The number of morpholine rings is 1. The number of rotatable bonds is 3. The van der Waals surface area contributed by atoms with Crippen LogP contribution in [0.3, 0.4) is 0 Å². The van der Waals surface area contributed by atoms with E-state index < -0.39 is 0 Å². The van der Waals surface area contributed by atoms with Crippen molar-refractivity contribution in [3.8, 4) is 0 Å². The molecule has 0 saturated carbocycles. The fourth-order valence-corrected chi connectivity index (χ4v) is 3.65. The lowest BCUT2D eigenvalue weighted by Crippen LogP contribution is -2.43. The maximum absolute atomic E-state index is 5.69. The van der Waals surface area contributed by atoms with Crippen molar-refractivity contribution in [3.05, 3.63) is 17.3 Å². The minimum Gasteiger partial charge on any atom is -0.374 e. The Bertz CT molecular complexity index is 574. The Labute approximate surface area is 124 Å². The predicted octanol–water partition coefficient (Wildman–Crippen LogP) is 2.85. The molecule has 1 fully saturated rings. The van der Waals surface area contributed by atoms with Gasteiger partial charge >= 0.3 is 0 Å². The number of nitrogens with zero attached hydrogens (tertiary/aromatic N) is 3. The fourth-order valence-electron chi connectivity index (χ4n) is 2.32. The molecule has 3 heterocycles. The van der Waals surface area contributed by atoms with Gasteiger partial charge in [-0.1, -0.05) is 22.9 Å². The Morgan fingerprint density at radius 3 is 3.21 bits per heavy atom. The standard InChI is InChI=1S/C13H16BrN3OS/c1-2-10-5-11-12(15-8-16-13(11)19-10)17-3-4-18-9(6-14)7-17/h5,8-9H,2-4,6-7H2,1H3. The first-order valence-electron chi connectivity index (χ1n) is 6.47. The summed E-state index contributed by atoms with van der Waals surface area (Å²) in [6.07, 6.45) is 2.96. The van der Waals surface area contributed by atoms with Gasteiger partial charge in [0.05, 0.1) is 18.1 Å². The zero-order chi connectivity index (χ0) is 13.2. The van der Waals surface area contributed by atoms with Crippen LogP contribution in [0.25, 0.3) is 10.2 Å². The third kappa shape index (κ3) is 2.61. The van der Waals surface area contributed by atoms with Crippen molar-refractivity contribution in [1.29, 1.82) is 0 Å². The quantitative estimate of drug-likeness (QED) is 0.804. The maximum Gasteiger partial charge on any atom is 0.140 e. The summed E-state index contributed by atoms with van der Waals surface area (Å²) in [5.74, 6) is 1.05. The summed E-state index contributed by atoms with van der Waals surface area (Å²) in [5, 5.41) is 2.04. The molecule has 0 aromatic carbocycles. The van der Waals surface area contributed by atoms with Crippen LogP contribution in [0.4, 0.5) is 5.82 Å². The van der Waals surface area contributed by atoms with Gasteiger partial charge in [0.2, 0.25) is 0 Å². The Kier molecular flexibility index (Phi) is 4.00. The summed E-state index contributed by atoms with van der Waals surface area (Å²) in [7, 11) is 0. The normalized spacial score (nSPS) is 20.1. The number of halogens is 1. The molecule has 6 heteroatoms.